The van der Waals surface area contributed by atoms with Crippen molar-refractivity contribution in [1.29, 1.82) is 5.26 Å². The lowest BCUT2D eigenvalue weighted by Gasteiger charge is -2.29. The molecule has 0 spiro atoms. The molecule has 1 aliphatic rings. The maximum absolute atomic E-state index is 12.0. The molecule has 7 nitrogen and oxygen atoms in total. The summed E-state index contributed by atoms with van der Waals surface area (Å²) in [6.45, 7) is 2.42. The molecule has 0 unspecified atom stereocenters. The van der Waals surface area contributed by atoms with Crippen molar-refractivity contribution >= 4 is 22.8 Å². The summed E-state index contributed by atoms with van der Waals surface area (Å²) in [6.07, 6.45) is 0. The number of methoxy groups -OCH3 is 1. The Kier molecular flexibility index (Phi) is 4.35. The molecule has 23 heavy (non-hydrogen) atoms. The highest BCUT2D eigenvalue weighted by Crippen LogP contribution is 2.28. The average molecular weight is 312 g/mol. The number of hydrogen-bond donors (Lipinski definition) is 0. The fourth-order valence-corrected chi connectivity index (χ4v) is 2.55. The third-order valence-corrected chi connectivity index (χ3v) is 3.73. The van der Waals surface area contributed by atoms with Crippen molar-refractivity contribution in [3.63, 3.8) is 0 Å². The number of para-hydroxylation sites is 2. The van der Waals surface area contributed by atoms with Crippen LogP contribution in [0.15, 0.2) is 24.3 Å². The summed E-state index contributed by atoms with van der Waals surface area (Å²) in [7, 11) is 1.26. The molecule has 0 saturated carbocycles. The molecule has 118 valence electrons. The Labute approximate surface area is 133 Å². The molecule has 0 amide bonds. The predicted molar refractivity (Wildman–Crippen MR) is 82.9 cm³/mol. The van der Waals surface area contributed by atoms with E-state index in [2.05, 4.69) is 9.97 Å². The average Bonchev–Trinajstić information content (AvgIpc) is 2.62. The summed E-state index contributed by atoms with van der Waals surface area (Å²) in [5.41, 5.74) is 1.70. The Hall–Kier alpha value is -2.72. The standard InChI is InChI=1S/C16H16N4O3/c1-22-16(21)11(10-17)14-15(20-6-8-23-9-7-20)19-13-5-3-2-4-12(13)18-14/h2-5,11H,6-9H2,1H3/t11-/m1/s1. The summed E-state index contributed by atoms with van der Waals surface area (Å²) in [4.78, 5) is 23.1. The van der Waals surface area contributed by atoms with E-state index >= 15 is 0 Å². The first-order valence-electron chi connectivity index (χ1n) is 7.31. The Balaban J connectivity index is 2.15. The molecular formula is C16H16N4O3. The van der Waals surface area contributed by atoms with Gasteiger partial charge in [0.2, 0.25) is 0 Å². The zero-order chi connectivity index (χ0) is 16.2. The number of carbonyl (C=O) groups excluding carboxylic acids is 1. The molecule has 1 aromatic heterocycles. The Bertz CT molecular complexity index is 765. The van der Waals surface area contributed by atoms with E-state index in [1.165, 1.54) is 7.11 Å². The van der Waals surface area contributed by atoms with Crippen LogP contribution >= 0.6 is 0 Å². The van der Waals surface area contributed by atoms with Gasteiger partial charge in [-0.3, -0.25) is 4.79 Å². The Morgan fingerprint density at radius 2 is 1.96 bits per heavy atom. The van der Waals surface area contributed by atoms with E-state index in [4.69, 9.17) is 9.47 Å². The molecule has 0 bridgehead atoms. The van der Waals surface area contributed by atoms with Gasteiger partial charge < -0.3 is 14.4 Å². The van der Waals surface area contributed by atoms with Crippen molar-refractivity contribution in [2.75, 3.05) is 38.3 Å². The number of anilines is 1. The van der Waals surface area contributed by atoms with Crippen LogP contribution in [0.3, 0.4) is 0 Å². The van der Waals surface area contributed by atoms with Crippen molar-refractivity contribution in [3.05, 3.63) is 30.0 Å². The summed E-state index contributed by atoms with van der Waals surface area (Å²) in [5.74, 6) is -1.19. The Morgan fingerprint density at radius 1 is 1.30 bits per heavy atom. The maximum atomic E-state index is 12.0. The fourth-order valence-electron chi connectivity index (χ4n) is 2.55. The Morgan fingerprint density at radius 3 is 2.57 bits per heavy atom. The van der Waals surface area contributed by atoms with E-state index in [9.17, 15) is 10.1 Å². The van der Waals surface area contributed by atoms with Crippen LogP contribution in [0.1, 0.15) is 11.6 Å². The first-order chi connectivity index (χ1) is 11.2. The minimum absolute atomic E-state index is 0.333. The summed E-state index contributed by atoms with van der Waals surface area (Å²) < 4.78 is 10.1. The molecule has 0 radical (unpaired) electrons. The van der Waals surface area contributed by atoms with Gasteiger partial charge in [0.25, 0.3) is 0 Å². The molecule has 3 rings (SSSR count). The first-order valence-corrected chi connectivity index (χ1v) is 7.31. The summed E-state index contributed by atoms with van der Waals surface area (Å²) in [5, 5.41) is 9.41. The maximum Gasteiger partial charge on any atom is 0.329 e. The number of nitriles is 1. The second-order valence-electron chi connectivity index (χ2n) is 5.11. The van der Waals surface area contributed by atoms with Crippen LogP contribution in [0.5, 0.6) is 0 Å². The second-order valence-corrected chi connectivity index (χ2v) is 5.11. The highest BCUT2D eigenvalue weighted by atomic mass is 16.5. The zero-order valence-electron chi connectivity index (χ0n) is 12.7. The lowest BCUT2D eigenvalue weighted by Crippen LogP contribution is -2.38. The van der Waals surface area contributed by atoms with E-state index in [0.29, 0.717) is 43.3 Å². The van der Waals surface area contributed by atoms with Crippen molar-refractivity contribution in [2.45, 2.75) is 5.92 Å². The molecule has 2 aromatic rings. The van der Waals surface area contributed by atoms with Crippen LogP contribution < -0.4 is 4.90 Å². The lowest BCUT2D eigenvalue weighted by molar-refractivity contribution is -0.141. The molecule has 0 N–H and O–H groups in total. The van der Waals surface area contributed by atoms with Crippen molar-refractivity contribution < 1.29 is 14.3 Å². The minimum Gasteiger partial charge on any atom is -0.468 e. The molecule has 1 atom stereocenters. The lowest BCUT2D eigenvalue weighted by atomic mass is 10.1. The number of morpholine rings is 1. The zero-order valence-corrected chi connectivity index (χ0v) is 12.7. The highest BCUT2D eigenvalue weighted by Gasteiger charge is 2.30. The van der Waals surface area contributed by atoms with Gasteiger partial charge in [-0.1, -0.05) is 12.1 Å². The number of aromatic nitrogens is 2. The van der Waals surface area contributed by atoms with E-state index < -0.39 is 11.9 Å². The smallest absolute Gasteiger partial charge is 0.329 e. The number of ether oxygens (including phenoxy) is 2. The molecule has 1 saturated heterocycles. The van der Waals surface area contributed by atoms with E-state index in [1.54, 1.807) is 6.07 Å². The topological polar surface area (TPSA) is 88.3 Å². The minimum atomic E-state index is -1.10. The van der Waals surface area contributed by atoms with Crippen LogP contribution in [0.25, 0.3) is 11.0 Å². The fraction of sp³-hybridized carbons (Fsp3) is 0.375. The van der Waals surface area contributed by atoms with E-state index in [-0.39, 0.29) is 0 Å². The van der Waals surface area contributed by atoms with E-state index in [1.807, 2.05) is 29.2 Å². The number of benzene rings is 1. The third kappa shape index (κ3) is 2.94. The highest BCUT2D eigenvalue weighted by molar-refractivity contribution is 5.85. The third-order valence-electron chi connectivity index (χ3n) is 3.73. The number of rotatable bonds is 3. The second kappa shape index (κ2) is 6.58. The molecule has 7 heteroatoms. The number of esters is 1. The van der Waals surface area contributed by atoms with Crippen LogP contribution in [0, 0.1) is 11.3 Å². The predicted octanol–water partition coefficient (Wildman–Crippen LogP) is 1.25. The van der Waals surface area contributed by atoms with Crippen LogP contribution in [0.4, 0.5) is 5.82 Å². The summed E-state index contributed by atoms with van der Waals surface area (Å²) >= 11 is 0. The van der Waals surface area contributed by atoms with Gasteiger partial charge in [-0.15, -0.1) is 0 Å². The van der Waals surface area contributed by atoms with Gasteiger partial charge >= 0.3 is 5.97 Å². The molecule has 1 aliphatic heterocycles. The largest absolute Gasteiger partial charge is 0.468 e. The number of fused-ring (bicyclic) bond motifs is 1. The summed E-state index contributed by atoms with van der Waals surface area (Å²) in [6, 6.07) is 9.36. The van der Waals surface area contributed by atoms with Crippen molar-refractivity contribution in [1.82, 2.24) is 9.97 Å². The van der Waals surface area contributed by atoms with Crippen molar-refractivity contribution in [2.24, 2.45) is 0 Å². The van der Waals surface area contributed by atoms with Gasteiger partial charge in [0.15, 0.2) is 11.7 Å². The number of carbonyl (C=O) groups is 1. The van der Waals surface area contributed by atoms with Crippen LogP contribution in [-0.4, -0.2) is 49.4 Å². The molecular weight excluding hydrogens is 296 g/mol. The molecule has 1 fully saturated rings. The van der Waals surface area contributed by atoms with Crippen molar-refractivity contribution in [3.8, 4) is 6.07 Å². The SMILES string of the molecule is COC(=O)[C@H](C#N)c1nc2ccccc2nc1N1CCOCC1. The number of hydrogen-bond acceptors (Lipinski definition) is 7. The van der Waals surface area contributed by atoms with Gasteiger partial charge in [0.05, 0.1) is 37.4 Å². The van der Waals surface area contributed by atoms with Gasteiger partial charge in [0, 0.05) is 13.1 Å². The van der Waals surface area contributed by atoms with Crippen LogP contribution in [-0.2, 0) is 14.3 Å². The van der Waals surface area contributed by atoms with Crippen LogP contribution in [0.2, 0.25) is 0 Å². The first kappa shape index (κ1) is 15.2. The van der Waals surface area contributed by atoms with Gasteiger partial charge in [-0.2, -0.15) is 5.26 Å². The van der Waals surface area contributed by atoms with Gasteiger partial charge in [-0.25, -0.2) is 9.97 Å². The molecule has 0 aliphatic carbocycles. The van der Waals surface area contributed by atoms with E-state index in [0.717, 1.165) is 5.52 Å². The normalized spacial score (nSPS) is 15.9. The molecule has 1 aromatic carbocycles. The monoisotopic (exact) mass is 312 g/mol. The molecule has 2 heterocycles. The van der Waals surface area contributed by atoms with Gasteiger partial charge in [0.1, 0.15) is 5.69 Å². The van der Waals surface area contributed by atoms with Gasteiger partial charge in [-0.05, 0) is 12.1 Å². The quantitative estimate of drug-likeness (QED) is 0.788. The number of nitrogens with zero attached hydrogens (tertiary/aromatic N) is 4.